The third kappa shape index (κ3) is 4.62. The van der Waals surface area contributed by atoms with Gasteiger partial charge in [-0.25, -0.2) is 23.6 Å². The molecule has 0 unspecified atom stereocenters. The van der Waals surface area contributed by atoms with E-state index in [1.165, 1.54) is 29.2 Å². The van der Waals surface area contributed by atoms with Gasteiger partial charge in [0, 0.05) is 16.1 Å². The highest BCUT2D eigenvalue weighted by Gasteiger charge is 2.36. The molecule has 13 heteroatoms. The number of benzene rings is 3. The molecular weight excluding hydrogens is 550 g/mol. The monoisotopic (exact) mass is 565 g/mol. The van der Waals surface area contributed by atoms with Gasteiger partial charge in [0.05, 0.1) is 18.4 Å². The lowest BCUT2D eigenvalue weighted by atomic mass is 10.0. The molecule has 0 saturated heterocycles. The molecule has 8 nitrogen and oxygen atoms in total. The number of rotatable bonds is 5. The van der Waals surface area contributed by atoms with Crippen LogP contribution in [0.4, 0.5) is 23.5 Å². The number of carbonyl (C=O) groups excluding carboxylic acids is 1. The number of nitrogens with zero attached hydrogens (tertiary/aromatic N) is 6. The van der Waals surface area contributed by atoms with Crippen LogP contribution in [0.25, 0.3) is 27.7 Å². The molecule has 0 aliphatic rings. The Morgan fingerprint density at radius 3 is 2.60 bits per heavy atom. The number of aromatic nitrogens is 6. The summed E-state index contributed by atoms with van der Waals surface area (Å²) in [5, 5.41) is 12.0. The maximum Gasteiger partial charge on any atom is 0.433 e. The molecule has 6 aromatic rings. The van der Waals surface area contributed by atoms with Crippen molar-refractivity contribution in [3.8, 4) is 11.3 Å². The average molecular weight is 566 g/mol. The lowest BCUT2D eigenvalue weighted by Gasteiger charge is -2.13. The van der Waals surface area contributed by atoms with Crippen LogP contribution in [0.3, 0.4) is 0 Å². The highest BCUT2D eigenvalue weighted by molar-refractivity contribution is 6.31. The molecule has 200 valence electrons. The summed E-state index contributed by atoms with van der Waals surface area (Å²) in [5.74, 6) is -1.51. The van der Waals surface area contributed by atoms with Crippen molar-refractivity contribution in [2.45, 2.75) is 12.7 Å². The standard InChI is InChI=1S/C27H16ClF4N7O/c28-20-9-4-10-21(29)19(20)13-38-14-33-26(37-38)36-25(40)18-12-34-39-23(27(30,31)32)11-22(35-24(18)39)17-8-3-6-15-5-1-2-7-16(15)17/h1-12,14H,13H2,(H,36,37,40). The van der Waals surface area contributed by atoms with Gasteiger partial charge in [-0.1, -0.05) is 60.1 Å². The Kier molecular flexibility index (Phi) is 6.18. The van der Waals surface area contributed by atoms with Gasteiger partial charge in [0.1, 0.15) is 17.7 Å². The number of hydrogen-bond acceptors (Lipinski definition) is 5. The predicted molar refractivity (Wildman–Crippen MR) is 139 cm³/mol. The maximum absolute atomic E-state index is 14.1. The van der Waals surface area contributed by atoms with E-state index in [0.29, 0.717) is 15.5 Å². The van der Waals surface area contributed by atoms with E-state index in [9.17, 15) is 22.4 Å². The van der Waals surface area contributed by atoms with Gasteiger partial charge in [-0.3, -0.25) is 10.1 Å². The lowest BCUT2D eigenvalue weighted by molar-refractivity contribution is -0.142. The minimum absolute atomic E-state index is 0.0235. The molecule has 0 aliphatic carbocycles. The van der Waals surface area contributed by atoms with Crippen LogP contribution in [-0.4, -0.2) is 35.3 Å². The first kappa shape index (κ1) is 25.4. The highest BCUT2D eigenvalue weighted by atomic mass is 35.5. The average Bonchev–Trinajstić information content (AvgIpc) is 3.56. The van der Waals surface area contributed by atoms with Crippen LogP contribution in [0.2, 0.25) is 5.02 Å². The minimum atomic E-state index is -4.78. The summed E-state index contributed by atoms with van der Waals surface area (Å²) in [6.07, 6.45) is -2.53. The van der Waals surface area contributed by atoms with Crippen LogP contribution in [-0.2, 0) is 12.7 Å². The second kappa shape index (κ2) is 9.72. The quantitative estimate of drug-likeness (QED) is 0.249. The Hall–Kier alpha value is -4.84. The fourth-order valence-electron chi connectivity index (χ4n) is 4.35. The molecule has 6 rings (SSSR count). The number of alkyl halides is 3. The van der Waals surface area contributed by atoms with Crippen molar-refractivity contribution in [2.75, 3.05) is 5.32 Å². The molecule has 0 bridgehead atoms. The Bertz CT molecular complexity index is 1890. The Labute approximate surface area is 227 Å². The first-order valence-corrected chi connectivity index (χ1v) is 12.1. The summed E-state index contributed by atoms with van der Waals surface area (Å²) < 4.78 is 58.2. The number of amides is 1. The summed E-state index contributed by atoms with van der Waals surface area (Å²) >= 11 is 6.06. The van der Waals surface area contributed by atoms with Gasteiger partial charge in [0.25, 0.3) is 5.91 Å². The van der Waals surface area contributed by atoms with Gasteiger partial charge in [-0.2, -0.15) is 18.3 Å². The number of anilines is 1. The van der Waals surface area contributed by atoms with Crippen LogP contribution in [0, 0.1) is 5.82 Å². The summed E-state index contributed by atoms with van der Waals surface area (Å²) in [6, 6.07) is 17.6. The second-order valence-corrected chi connectivity index (χ2v) is 9.17. The number of fused-ring (bicyclic) bond motifs is 2. The van der Waals surface area contributed by atoms with Crippen LogP contribution in [0.1, 0.15) is 21.6 Å². The molecule has 0 atom stereocenters. The van der Waals surface area contributed by atoms with E-state index in [1.807, 2.05) is 18.2 Å². The molecule has 1 N–H and O–H groups in total. The topological polar surface area (TPSA) is 90.0 Å². The molecular formula is C27H16ClF4N7O. The van der Waals surface area contributed by atoms with E-state index in [0.717, 1.165) is 17.6 Å². The fourth-order valence-corrected chi connectivity index (χ4v) is 4.58. The molecule has 0 fully saturated rings. The number of halogens is 5. The van der Waals surface area contributed by atoms with Gasteiger partial charge >= 0.3 is 6.18 Å². The van der Waals surface area contributed by atoms with Crippen molar-refractivity contribution < 1.29 is 22.4 Å². The van der Waals surface area contributed by atoms with E-state index < -0.39 is 23.6 Å². The molecule has 1 amide bonds. The maximum atomic E-state index is 14.1. The van der Waals surface area contributed by atoms with Gasteiger partial charge in [-0.15, -0.1) is 5.10 Å². The van der Waals surface area contributed by atoms with Gasteiger partial charge in [0.15, 0.2) is 11.3 Å². The SMILES string of the molecule is O=C(Nc1ncn(Cc2c(F)cccc2Cl)n1)c1cnn2c(C(F)(F)F)cc(-c3cccc4ccccc34)nc12. The molecule has 3 aromatic heterocycles. The van der Waals surface area contributed by atoms with Crippen molar-refractivity contribution >= 4 is 39.9 Å². The molecule has 0 spiro atoms. The summed E-state index contributed by atoms with van der Waals surface area (Å²) in [5.41, 5.74) is -0.946. The molecule has 3 heterocycles. The summed E-state index contributed by atoms with van der Waals surface area (Å²) in [6.45, 7) is -0.0595. The van der Waals surface area contributed by atoms with Gasteiger partial charge < -0.3 is 0 Å². The fraction of sp³-hybridized carbons (Fsp3) is 0.0741. The number of carbonyl (C=O) groups is 1. The first-order chi connectivity index (χ1) is 19.2. The Morgan fingerprint density at radius 1 is 1.02 bits per heavy atom. The summed E-state index contributed by atoms with van der Waals surface area (Å²) in [7, 11) is 0. The first-order valence-electron chi connectivity index (χ1n) is 11.8. The van der Waals surface area contributed by atoms with E-state index >= 15 is 0 Å². The number of hydrogen-bond donors (Lipinski definition) is 1. The van der Waals surface area contributed by atoms with Crippen molar-refractivity contribution in [3.05, 3.63) is 107 Å². The van der Waals surface area contributed by atoms with E-state index in [4.69, 9.17) is 11.6 Å². The molecule has 40 heavy (non-hydrogen) atoms. The van der Waals surface area contributed by atoms with Crippen LogP contribution in [0.15, 0.2) is 79.3 Å². The second-order valence-electron chi connectivity index (χ2n) is 8.76. The van der Waals surface area contributed by atoms with Crippen molar-refractivity contribution in [2.24, 2.45) is 0 Å². The Morgan fingerprint density at radius 2 is 1.80 bits per heavy atom. The van der Waals surface area contributed by atoms with Gasteiger partial charge in [-0.05, 0) is 29.0 Å². The van der Waals surface area contributed by atoms with Crippen LogP contribution < -0.4 is 5.32 Å². The van der Waals surface area contributed by atoms with Crippen molar-refractivity contribution in [1.82, 2.24) is 29.4 Å². The number of nitrogens with one attached hydrogen (secondary N) is 1. The third-order valence-corrected chi connectivity index (χ3v) is 6.57. The van der Waals surface area contributed by atoms with Crippen LogP contribution in [0.5, 0.6) is 0 Å². The normalized spacial score (nSPS) is 11.8. The van der Waals surface area contributed by atoms with E-state index in [2.05, 4.69) is 25.5 Å². The zero-order chi connectivity index (χ0) is 28.0. The van der Waals surface area contributed by atoms with Crippen molar-refractivity contribution in [1.29, 1.82) is 0 Å². The molecule has 3 aromatic carbocycles. The third-order valence-electron chi connectivity index (χ3n) is 6.22. The largest absolute Gasteiger partial charge is 0.433 e. The summed E-state index contributed by atoms with van der Waals surface area (Å²) in [4.78, 5) is 21.5. The lowest BCUT2D eigenvalue weighted by Crippen LogP contribution is -2.16. The van der Waals surface area contributed by atoms with Gasteiger partial charge in [0.2, 0.25) is 5.95 Å². The van der Waals surface area contributed by atoms with E-state index in [1.54, 1.807) is 24.3 Å². The Balaban J connectivity index is 1.37. The molecule has 0 saturated carbocycles. The van der Waals surface area contributed by atoms with Crippen LogP contribution >= 0.6 is 11.6 Å². The molecule has 0 aliphatic heterocycles. The smallest absolute Gasteiger partial charge is 0.289 e. The molecule has 0 radical (unpaired) electrons. The van der Waals surface area contributed by atoms with Crippen molar-refractivity contribution in [3.63, 3.8) is 0 Å². The highest BCUT2D eigenvalue weighted by Crippen LogP contribution is 2.35. The zero-order valence-corrected chi connectivity index (χ0v) is 20.9. The van der Waals surface area contributed by atoms with E-state index in [-0.39, 0.29) is 40.0 Å². The minimum Gasteiger partial charge on any atom is -0.289 e. The zero-order valence-electron chi connectivity index (χ0n) is 20.2. The predicted octanol–water partition coefficient (Wildman–Crippen LogP) is 6.25.